The Balaban J connectivity index is 1.97. The van der Waals surface area contributed by atoms with Crippen molar-refractivity contribution in [3.8, 4) is 0 Å². The first-order valence-electron chi connectivity index (χ1n) is 7.92. The van der Waals surface area contributed by atoms with E-state index >= 15 is 0 Å². The fraction of sp³-hybridized carbons (Fsp3) is 0.556. The average Bonchev–Trinajstić information content (AvgIpc) is 2.93. The number of rotatable bonds is 5. The monoisotopic (exact) mass is 303 g/mol. The molecule has 120 valence electrons. The molecule has 0 radical (unpaired) electrons. The number of hydrogen-bond donors (Lipinski definition) is 1. The zero-order valence-electron chi connectivity index (χ0n) is 13.6. The topological polar surface area (TPSA) is 57.6 Å². The lowest BCUT2D eigenvalue weighted by Gasteiger charge is -2.28. The summed E-state index contributed by atoms with van der Waals surface area (Å²) in [6.45, 7) is 6.79. The van der Waals surface area contributed by atoms with Crippen LogP contribution in [-0.4, -0.2) is 35.0 Å². The first kappa shape index (κ1) is 16.5. The van der Waals surface area contributed by atoms with Gasteiger partial charge in [-0.15, -0.1) is 0 Å². The Kier molecular flexibility index (Phi) is 4.89. The molecule has 0 spiro atoms. The molecule has 1 aliphatic rings. The van der Waals surface area contributed by atoms with E-state index in [0.29, 0.717) is 32.4 Å². The highest BCUT2D eigenvalue weighted by atomic mass is 16.4. The summed E-state index contributed by atoms with van der Waals surface area (Å²) >= 11 is 0. The second kappa shape index (κ2) is 6.51. The third-order valence-electron chi connectivity index (χ3n) is 5.05. The summed E-state index contributed by atoms with van der Waals surface area (Å²) in [6.07, 6.45) is 1.71. The van der Waals surface area contributed by atoms with Gasteiger partial charge in [0.2, 0.25) is 5.91 Å². The summed E-state index contributed by atoms with van der Waals surface area (Å²) in [7, 11) is 0. The van der Waals surface area contributed by atoms with Crippen molar-refractivity contribution >= 4 is 11.9 Å². The maximum atomic E-state index is 12.4. The molecule has 1 atom stereocenters. The van der Waals surface area contributed by atoms with Crippen LogP contribution in [0.15, 0.2) is 24.3 Å². The Bertz CT molecular complexity index is 567. The van der Waals surface area contributed by atoms with E-state index in [1.54, 1.807) is 4.90 Å². The van der Waals surface area contributed by atoms with Crippen LogP contribution in [0, 0.1) is 18.3 Å². The molecule has 1 aliphatic heterocycles. The number of aliphatic carboxylic acids is 1. The van der Waals surface area contributed by atoms with Gasteiger partial charge in [-0.3, -0.25) is 9.59 Å². The van der Waals surface area contributed by atoms with Gasteiger partial charge >= 0.3 is 5.97 Å². The summed E-state index contributed by atoms with van der Waals surface area (Å²) in [5.74, 6) is -0.692. The number of benzene rings is 1. The summed E-state index contributed by atoms with van der Waals surface area (Å²) < 4.78 is 0. The first-order chi connectivity index (χ1) is 10.4. The van der Waals surface area contributed by atoms with Crippen molar-refractivity contribution in [2.75, 3.05) is 13.1 Å². The molecule has 22 heavy (non-hydrogen) atoms. The van der Waals surface area contributed by atoms with Crippen molar-refractivity contribution in [2.45, 2.75) is 40.0 Å². The molecule has 1 saturated heterocycles. The van der Waals surface area contributed by atoms with Gasteiger partial charge < -0.3 is 10.0 Å². The average molecular weight is 303 g/mol. The van der Waals surface area contributed by atoms with Gasteiger partial charge in [-0.05, 0) is 36.8 Å². The van der Waals surface area contributed by atoms with E-state index in [2.05, 4.69) is 0 Å². The Morgan fingerprint density at radius 1 is 1.32 bits per heavy atom. The van der Waals surface area contributed by atoms with Crippen LogP contribution in [0.25, 0.3) is 0 Å². The van der Waals surface area contributed by atoms with Gasteiger partial charge in [-0.2, -0.15) is 0 Å². The summed E-state index contributed by atoms with van der Waals surface area (Å²) in [6, 6.07) is 8.06. The minimum Gasteiger partial charge on any atom is -0.481 e. The number of carboxylic acid groups (broad SMARTS) is 1. The quantitative estimate of drug-likeness (QED) is 0.910. The SMILES string of the molecule is Cc1ccccc1CCC(=O)N1CCC(C(=O)O)(C(C)C)C1. The lowest BCUT2D eigenvalue weighted by molar-refractivity contribution is -0.151. The van der Waals surface area contributed by atoms with E-state index in [9.17, 15) is 14.7 Å². The van der Waals surface area contributed by atoms with Crippen molar-refractivity contribution < 1.29 is 14.7 Å². The molecule has 1 aromatic rings. The Labute approximate surface area is 132 Å². The lowest BCUT2D eigenvalue weighted by Crippen LogP contribution is -2.40. The molecule has 0 aromatic heterocycles. The van der Waals surface area contributed by atoms with Gasteiger partial charge in [0, 0.05) is 19.5 Å². The van der Waals surface area contributed by atoms with Gasteiger partial charge in [-0.1, -0.05) is 38.1 Å². The molecule has 0 bridgehead atoms. The van der Waals surface area contributed by atoms with Gasteiger partial charge in [0.05, 0.1) is 5.41 Å². The van der Waals surface area contributed by atoms with E-state index in [-0.39, 0.29) is 11.8 Å². The standard InChI is InChI=1S/C18H25NO3/c1-13(2)18(17(21)22)10-11-19(12-18)16(20)9-8-15-7-5-4-6-14(15)3/h4-7,13H,8-12H2,1-3H3,(H,21,22). The fourth-order valence-electron chi connectivity index (χ4n) is 3.23. The first-order valence-corrected chi connectivity index (χ1v) is 7.92. The predicted molar refractivity (Wildman–Crippen MR) is 85.6 cm³/mol. The highest BCUT2D eigenvalue weighted by molar-refractivity contribution is 5.81. The summed E-state index contributed by atoms with van der Waals surface area (Å²) in [5, 5.41) is 9.54. The van der Waals surface area contributed by atoms with Crippen molar-refractivity contribution in [1.82, 2.24) is 4.90 Å². The highest BCUT2D eigenvalue weighted by Gasteiger charge is 2.48. The van der Waals surface area contributed by atoms with Gasteiger partial charge in [0.25, 0.3) is 0 Å². The third-order valence-corrected chi connectivity index (χ3v) is 5.05. The Morgan fingerprint density at radius 3 is 2.55 bits per heavy atom. The molecular weight excluding hydrogens is 278 g/mol. The van der Waals surface area contributed by atoms with Gasteiger partial charge in [0.15, 0.2) is 0 Å². The van der Waals surface area contributed by atoms with Crippen molar-refractivity contribution in [2.24, 2.45) is 11.3 Å². The zero-order valence-corrected chi connectivity index (χ0v) is 13.6. The molecule has 4 heteroatoms. The van der Waals surface area contributed by atoms with Crippen LogP contribution >= 0.6 is 0 Å². The third kappa shape index (κ3) is 3.16. The number of likely N-dealkylation sites (tertiary alicyclic amines) is 1. The van der Waals surface area contributed by atoms with E-state index in [4.69, 9.17) is 0 Å². The number of carbonyl (C=O) groups is 2. The van der Waals surface area contributed by atoms with Crippen molar-refractivity contribution in [1.29, 1.82) is 0 Å². The van der Waals surface area contributed by atoms with Crippen LogP contribution in [0.2, 0.25) is 0 Å². The van der Waals surface area contributed by atoms with Crippen LogP contribution in [0.1, 0.15) is 37.8 Å². The largest absolute Gasteiger partial charge is 0.481 e. The molecule has 1 unspecified atom stereocenters. The molecule has 4 nitrogen and oxygen atoms in total. The number of carboxylic acids is 1. The minimum atomic E-state index is -0.781. The summed E-state index contributed by atoms with van der Waals surface area (Å²) in [5.41, 5.74) is 1.60. The number of amides is 1. The number of aryl methyl sites for hydroxylation is 2. The highest BCUT2D eigenvalue weighted by Crippen LogP contribution is 2.38. The van der Waals surface area contributed by atoms with Crippen LogP contribution in [0.3, 0.4) is 0 Å². The number of carbonyl (C=O) groups excluding carboxylic acids is 1. The molecule has 1 aromatic carbocycles. The maximum absolute atomic E-state index is 12.4. The van der Waals surface area contributed by atoms with Crippen molar-refractivity contribution in [3.63, 3.8) is 0 Å². The molecule has 1 N–H and O–H groups in total. The fourth-order valence-corrected chi connectivity index (χ4v) is 3.23. The maximum Gasteiger partial charge on any atom is 0.311 e. The zero-order chi connectivity index (χ0) is 16.3. The van der Waals surface area contributed by atoms with E-state index in [1.165, 1.54) is 11.1 Å². The van der Waals surface area contributed by atoms with E-state index in [1.807, 2.05) is 45.0 Å². The smallest absolute Gasteiger partial charge is 0.311 e. The molecule has 0 aliphatic carbocycles. The van der Waals surface area contributed by atoms with E-state index in [0.717, 1.165) is 0 Å². The second-order valence-electron chi connectivity index (χ2n) is 6.61. The number of hydrogen-bond acceptors (Lipinski definition) is 2. The predicted octanol–water partition coefficient (Wildman–Crippen LogP) is 2.89. The molecule has 0 saturated carbocycles. The molecule has 1 fully saturated rings. The van der Waals surface area contributed by atoms with Gasteiger partial charge in [-0.25, -0.2) is 0 Å². The molecule has 2 rings (SSSR count). The Morgan fingerprint density at radius 2 is 2.00 bits per heavy atom. The van der Waals surface area contributed by atoms with Crippen LogP contribution < -0.4 is 0 Å². The van der Waals surface area contributed by atoms with Crippen LogP contribution in [0.4, 0.5) is 0 Å². The number of nitrogens with zero attached hydrogens (tertiary/aromatic N) is 1. The van der Waals surface area contributed by atoms with Crippen LogP contribution in [0.5, 0.6) is 0 Å². The second-order valence-corrected chi connectivity index (χ2v) is 6.61. The normalized spacial score (nSPS) is 21.4. The van der Waals surface area contributed by atoms with Gasteiger partial charge in [0.1, 0.15) is 0 Å². The lowest BCUT2D eigenvalue weighted by atomic mass is 9.76. The Hall–Kier alpha value is -1.84. The summed E-state index contributed by atoms with van der Waals surface area (Å²) in [4.78, 5) is 25.7. The molecular formula is C18H25NO3. The van der Waals surface area contributed by atoms with Crippen molar-refractivity contribution in [3.05, 3.63) is 35.4 Å². The van der Waals surface area contributed by atoms with Crippen LogP contribution in [-0.2, 0) is 16.0 Å². The van der Waals surface area contributed by atoms with E-state index < -0.39 is 11.4 Å². The molecule has 1 heterocycles. The molecule has 1 amide bonds. The minimum absolute atomic E-state index is 0.0270.